The quantitative estimate of drug-likeness (QED) is 0.885. The molecule has 1 aromatic carbocycles. The van der Waals surface area contributed by atoms with Crippen molar-refractivity contribution in [3.05, 3.63) is 35.4 Å². The number of piperidine rings is 1. The lowest BCUT2D eigenvalue weighted by Crippen LogP contribution is -2.41. The van der Waals surface area contributed by atoms with Gasteiger partial charge in [0.15, 0.2) is 0 Å². The molecule has 0 spiro atoms. The third kappa shape index (κ3) is 3.33. The molecule has 18 heavy (non-hydrogen) atoms. The molecule has 0 unspecified atom stereocenters. The molecule has 2 nitrogen and oxygen atoms in total. The van der Waals surface area contributed by atoms with Gasteiger partial charge >= 0.3 is 0 Å². The van der Waals surface area contributed by atoms with Crippen molar-refractivity contribution in [1.82, 2.24) is 4.90 Å². The van der Waals surface area contributed by atoms with Crippen LogP contribution in [0.2, 0.25) is 0 Å². The second kappa shape index (κ2) is 5.85. The van der Waals surface area contributed by atoms with E-state index in [1.807, 2.05) is 0 Å². The predicted molar refractivity (Wildman–Crippen MR) is 77.5 cm³/mol. The van der Waals surface area contributed by atoms with Gasteiger partial charge in [0.2, 0.25) is 0 Å². The van der Waals surface area contributed by atoms with Crippen LogP contribution < -0.4 is 5.73 Å². The standard InChI is InChI=1S/C16H26N2/c1-3-14-4-6-15(7-5-14)12-18-10-8-16(2,13-17)9-11-18/h4-7H,3,8-13,17H2,1-2H3. The Morgan fingerprint density at radius 1 is 1.11 bits per heavy atom. The molecule has 1 heterocycles. The third-order valence-corrected chi connectivity index (χ3v) is 4.39. The van der Waals surface area contributed by atoms with E-state index in [0.717, 1.165) is 19.5 Å². The van der Waals surface area contributed by atoms with Crippen LogP contribution in [0.25, 0.3) is 0 Å². The molecule has 0 aliphatic carbocycles. The van der Waals surface area contributed by atoms with Gasteiger partial charge in [-0.15, -0.1) is 0 Å². The van der Waals surface area contributed by atoms with Crippen LogP contribution in [0, 0.1) is 5.41 Å². The molecule has 0 amide bonds. The van der Waals surface area contributed by atoms with Gasteiger partial charge in [0.25, 0.3) is 0 Å². The molecule has 2 rings (SSSR count). The molecule has 1 aliphatic rings. The number of nitrogens with two attached hydrogens (primary N) is 1. The van der Waals surface area contributed by atoms with E-state index in [0.29, 0.717) is 5.41 Å². The van der Waals surface area contributed by atoms with Gasteiger partial charge in [-0.3, -0.25) is 4.90 Å². The zero-order valence-corrected chi connectivity index (χ0v) is 11.8. The smallest absolute Gasteiger partial charge is 0.0233 e. The molecule has 1 saturated heterocycles. The summed E-state index contributed by atoms with van der Waals surface area (Å²) < 4.78 is 0. The van der Waals surface area contributed by atoms with Crippen LogP contribution in [0.4, 0.5) is 0 Å². The summed E-state index contributed by atoms with van der Waals surface area (Å²) in [7, 11) is 0. The summed E-state index contributed by atoms with van der Waals surface area (Å²) in [4.78, 5) is 2.55. The third-order valence-electron chi connectivity index (χ3n) is 4.39. The van der Waals surface area contributed by atoms with Crippen LogP contribution in [0.5, 0.6) is 0 Å². The molecule has 0 saturated carbocycles. The summed E-state index contributed by atoms with van der Waals surface area (Å²) in [6.45, 7) is 8.80. The molecule has 2 heteroatoms. The Hall–Kier alpha value is -0.860. The molecule has 1 aliphatic heterocycles. The van der Waals surface area contributed by atoms with Crippen LogP contribution in [0.15, 0.2) is 24.3 Å². The minimum Gasteiger partial charge on any atom is -0.330 e. The molecular weight excluding hydrogens is 220 g/mol. The van der Waals surface area contributed by atoms with Gasteiger partial charge in [0, 0.05) is 6.54 Å². The zero-order valence-electron chi connectivity index (χ0n) is 11.8. The first kappa shape index (κ1) is 13.6. The lowest BCUT2D eigenvalue weighted by Gasteiger charge is -2.38. The lowest BCUT2D eigenvalue weighted by atomic mass is 9.80. The highest BCUT2D eigenvalue weighted by molar-refractivity contribution is 5.22. The Morgan fingerprint density at radius 2 is 1.67 bits per heavy atom. The molecule has 0 atom stereocenters. The van der Waals surface area contributed by atoms with Crippen molar-refractivity contribution in [2.75, 3.05) is 19.6 Å². The predicted octanol–water partition coefficient (Wildman–Crippen LogP) is 2.81. The first-order chi connectivity index (χ1) is 8.65. The average molecular weight is 246 g/mol. The molecule has 2 N–H and O–H groups in total. The molecule has 0 bridgehead atoms. The monoisotopic (exact) mass is 246 g/mol. The number of hydrogen-bond acceptors (Lipinski definition) is 2. The van der Waals surface area contributed by atoms with E-state index in [2.05, 4.69) is 43.0 Å². The number of nitrogens with zero attached hydrogens (tertiary/aromatic N) is 1. The minimum absolute atomic E-state index is 0.378. The van der Waals surface area contributed by atoms with Crippen LogP contribution >= 0.6 is 0 Å². The van der Waals surface area contributed by atoms with E-state index in [1.165, 1.54) is 37.1 Å². The highest BCUT2D eigenvalue weighted by Crippen LogP contribution is 2.29. The second-order valence-electron chi connectivity index (χ2n) is 5.96. The van der Waals surface area contributed by atoms with Gasteiger partial charge in [0.1, 0.15) is 0 Å². The zero-order chi connectivity index (χ0) is 13.0. The summed E-state index contributed by atoms with van der Waals surface area (Å²) in [5, 5.41) is 0. The number of likely N-dealkylation sites (tertiary alicyclic amines) is 1. The number of aryl methyl sites for hydroxylation is 1. The van der Waals surface area contributed by atoms with Crippen molar-refractivity contribution >= 4 is 0 Å². The fourth-order valence-corrected chi connectivity index (χ4v) is 2.59. The number of rotatable bonds is 4. The highest BCUT2D eigenvalue weighted by atomic mass is 15.1. The van der Waals surface area contributed by atoms with Gasteiger partial charge in [-0.05, 0) is 55.4 Å². The molecule has 1 fully saturated rings. The SMILES string of the molecule is CCc1ccc(CN2CCC(C)(CN)CC2)cc1. The maximum atomic E-state index is 5.85. The van der Waals surface area contributed by atoms with Crippen molar-refractivity contribution in [1.29, 1.82) is 0 Å². The van der Waals surface area contributed by atoms with E-state index in [9.17, 15) is 0 Å². The Kier molecular flexibility index (Phi) is 4.41. The van der Waals surface area contributed by atoms with Crippen molar-refractivity contribution in [3.63, 3.8) is 0 Å². The van der Waals surface area contributed by atoms with Gasteiger partial charge in [0.05, 0.1) is 0 Å². The van der Waals surface area contributed by atoms with Crippen LogP contribution in [-0.4, -0.2) is 24.5 Å². The van der Waals surface area contributed by atoms with Gasteiger partial charge in [-0.1, -0.05) is 38.1 Å². The first-order valence-electron chi connectivity index (χ1n) is 7.15. The average Bonchev–Trinajstić information content (AvgIpc) is 2.42. The fraction of sp³-hybridized carbons (Fsp3) is 0.625. The van der Waals surface area contributed by atoms with Crippen LogP contribution in [0.1, 0.15) is 37.8 Å². The van der Waals surface area contributed by atoms with Crippen molar-refractivity contribution in [3.8, 4) is 0 Å². The highest BCUT2D eigenvalue weighted by Gasteiger charge is 2.28. The van der Waals surface area contributed by atoms with Gasteiger partial charge in [-0.25, -0.2) is 0 Å². The Balaban J connectivity index is 1.87. The summed E-state index contributed by atoms with van der Waals surface area (Å²) in [6, 6.07) is 9.05. The maximum absolute atomic E-state index is 5.85. The van der Waals surface area contributed by atoms with E-state index >= 15 is 0 Å². The van der Waals surface area contributed by atoms with Gasteiger partial charge < -0.3 is 5.73 Å². The summed E-state index contributed by atoms with van der Waals surface area (Å²) in [5.74, 6) is 0. The van der Waals surface area contributed by atoms with E-state index < -0.39 is 0 Å². The molecular formula is C16H26N2. The molecule has 0 aromatic heterocycles. The largest absolute Gasteiger partial charge is 0.330 e. The van der Waals surface area contributed by atoms with E-state index in [4.69, 9.17) is 5.73 Å². The minimum atomic E-state index is 0.378. The number of hydrogen-bond donors (Lipinski definition) is 1. The Morgan fingerprint density at radius 3 is 2.17 bits per heavy atom. The molecule has 100 valence electrons. The lowest BCUT2D eigenvalue weighted by molar-refractivity contribution is 0.119. The van der Waals surface area contributed by atoms with Gasteiger partial charge in [-0.2, -0.15) is 0 Å². The van der Waals surface area contributed by atoms with Crippen molar-refractivity contribution in [2.45, 2.75) is 39.7 Å². The second-order valence-corrected chi connectivity index (χ2v) is 5.96. The van der Waals surface area contributed by atoms with Crippen LogP contribution in [0.3, 0.4) is 0 Å². The summed E-state index contributed by atoms with van der Waals surface area (Å²) in [5.41, 5.74) is 9.08. The van der Waals surface area contributed by atoms with E-state index in [-0.39, 0.29) is 0 Å². The molecule has 0 radical (unpaired) electrons. The normalized spacial score (nSPS) is 19.9. The van der Waals surface area contributed by atoms with Crippen molar-refractivity contribution in [2.24, 2.45) is 11.1 Å². The fourth-order valence-electron chi connectivity index (χ4n) is 2.59. The summed E-state index contributed by atoms with van der Waals surface area (Å²) in [6.07, 6.45) is 3.59. The molecule has 1 aromatic rings. The first-order valence-corrected chi connectivity index (χ1v) is 7.15. The summed E-state index contributed by atoms with van der Waals surface area (Å²) >= 11 is 0. The van der Waals surface area contributed by atoms with Crippen molar-refractivity contribution < 1.29 is 0 Å². The Bertz CT molecular complexity index is 361. The Labute approximate surface area is 111 Å². The maximum Gasteiger partial charge on any atom is 0.0233 e. The topological polar surface area (TPSA) is 29.3 Å². The van der Waals surface area contributed by atoms with E-state index in [1.54, 1.807) is 0 Å². The van der Waals surface area contributed by atoms with Crippen LogP contribution in [-0.2, 0) is 13.0 Å². The number of benzene rings is 1.